The second-order valence-corrected chi connectivity index (χ2v) is 6.20. The highest BCUT2D eigenvalue weighted by Gasteiger charge is 2.20. The van der Waals surface area contributed by atoms with Gasteiger partial charge in [0.05, 0.1) is 11.2 Å². The third-order valence-corrected chi connectivity index (χ3v) is 3.48. The van der Waals surface area contributed by atoms with E-state index in [9.17, 15) is 0 Å². The summed E-state index contributed by atoms with van der Waals surface area (Å²) in [5.41, 5.74) is 9.36. The molecule has 0 saturated heterocycles. The third-order valence-electron chi connectivity index (χ3n) is 2.85. The van der Waals surface area contributed by atoms with E-state index in [4.69, 9.17) is 5.73 Å². The van der Waals surface area contributed by atoms with Crippen LogP contribution < -0.4 is 5.73 Å². The molecule has 0 fully saturated rings. The van der Waals surface area contributed by atoms with Crippen LogP contribution in [-0.4, -0.2) is 29.5 Å². The number of aromatic nitrogens is 1. The second-order valence-electron chi connectivity index (χ2n) is 5.48. The molecule has 0 amide bonds. The van der Waals surface area contributed by atoms with Crippen molar-refractivity contribution in [1.29, 1.82) is 0 Å². The predicted molar refractivity (Wildman–Crippen MR) is 70.5 cm³/mol. The van der Waals surface area contributed by atoms with Gasteiger partial charge in [0.1, 0.15) is 0 Å². The molecule has 0 aliphatic carbocycles. The van der Waals surface area contributed by atoms with Crippen LogP contribution in [0.3, 0.4) is 0 Å². The normalized spacial score (nSPS) is 14.4. The number of hydrogen-bond acceptors (Lipinski definition) is 4. The lowest BCUT2D eigenvalue weighted by atomic mass is 9.85. The molecule has 0 aliphatic rings. The van der Waals surface area contributed by atoms with Gasteiger partial charge in [-0.3, -0.25) is 0 Å². The molecule has 3 nitrogen and oxygen atoms in total. The summed E-state index contributed by atoms with van der Waals surface area (Å²) in [7, 11) is 2.12. The fourth-order valence-corrected chi connectivity index (χ4v) is 2.01. The monoisotopic (exact) mass is 241 g/mol. The molecule has 16 heavy (non-hydrogen) atoms. The van der Waals surface area contributed by atoms with E-state index >= 15 is 0 Å². The fraction of sp³-hybridized carbons (Fsp3) is 0.750. The zero-order valence-electron chi connectivity index (χ0n) is 10.7. The molecule has 1 rings (SSSR count). The average molecular weight is 241 g/mol. The molecular weight excluding hydrogens is 218 g/mol. The van der Waals surface area contributed by atoms with Gasteiger partial charge in [-0.05, 0) is 25.4 Å². The zero-order chi connectivity index (χ0) is 12.2. The van der Waals surface area contributed by atoms with E-state index in [1.54, 1.807) is 11.3 Å². The van der Waals surface area contributed by atoms with Gasteiger partial charge < -0.3 is 10.6 Å². The quantitative estimate of drug-likeness (QED) is 0.860. The van der Waals surface area contributed by atoms with E-state index in [-0.39, 0.29) is 11.5 Å². The van der Waals surface area contributed by atoms with Crippen molar-refractivity contribution >= 4 is 11.3 Å². The Morgan fingerprint density at radius 3 is 2.69 bits per heavy atom. The van der Waals surface area contributed by atoms with Crippen molar-refractivity contribution in [2.45, 2.75) is 39.8 Å². The van der Waals surface area contributed by atoms with Gasteiger partial charge in [-0.15, -0.1) is 11.3 Å². The van der Waals surface area contributed by atoms with Crippen LogP contribution in [0, 0.1) is 5.41 Å². The maximum Gasteiger partial charge on any atom is 0.0795 e. The van der Waals surface area contributed by atoms with Crippen LogP contribution in [0.15, 0.2) is 10.9 Å². The second kappa shape index (κ2) is 5.75. The smallest absolute Gasteiger partial charge is 0.0795 e. The van der Waals surface area contributed by atoms with Gasteiger partial charge in [0.2, 0.25) is 0 Å². The molecular formula is C12H23N3S. The molecule has 1 aromatic rings. The van der Waals surface area contributed by atoms with Crippen LogP contribution in [-0.2, 0) is 6.54 Å². The number of nitrogens with zero attached hydrogens (tertiary/aromatic N) is 2. The largest absolute Gasteiger partial charge is 0.327 e. The van der Waals surface area contributed by atoms with Crippen molar-refractivity contribution in [2.75, 3.05) is 13.6 Å². The first-order chi connectivity index (χ1) is 7.39. The Bertz CT molecular complexity index is 290. The first kappa shape index (κ1) is 13.6. The predicted octanol–water partition coefficient (Wildman–Crippen LogP) is 2.34. The minimum atomic E-state index is 0.196. The van der Waals surface area contributed by atoms with Crippen molar-refractivity contribution in [3.63, 3.8) is 0 Å². The van der Waals surface area contributed by atoms with Gasteiger partial charge in [0.25, 0.3) is 0 Å². The SMILES string of the molecule is CN(CCC(N)C(C)(C)C)Cc1cscn1. The van der Waals surface area contributed by atoms with Crippen LogP contribution in [0.2, 0.25) is 0 Å². The van der Waals surface area contributed by atoms with E-state index < -0.39 is 0 Å². The minimum absolute atomic E-state index is 0.196. The van der Waals surface area contributed by atoms with Crippen LogP contribution in [0.1, 0.15) is 32.9 Å². The molecule has 1 unspecified atom stereocenters. The summed E-state index contributed by atoms with van der Waals surface area (Å²) >= 11 is 1.65. The van der Waals surface area contributed by atoms with Crippen molar-refractivity contribution in [2.24, 2.45) is 11.1 Å². The summed E-state index contributed by atoms with van der Waals surface area (Å²) in [6.07, 6.45) is 1.03. The van der Waals surface area contributed by atoms with Crippen molar-refractivity contribution < 1.29 is 0 Å². The molecule has 0 spiro atoms. The highest BCUT2D eigenvalue weighted by molar-refractivity contribution is 7.07. The maximum absolute atomic E-state index is 6.13. The number of rotatable bonds is 5. The fourth-order valence-electron chi connectivity index (χ4n) is 1.46. The van der Waals surface area contributed by atoms with E-state index in [0.717, 1.165) is 25.2 Å². The summed E-state index contributed by atoms with van der Waals surface area (Å²) < 4.78 is 0. The maximum atomic E-state index is 6.13. The molecule has 1 heterocycles. The Morgan fingerprint density at radius 1 is 1.50 bits per heavy atom. The molecule has 92 valence electrons. The third kappa shape index (κ3) is 4.60. The summed E-state index contributed by atoms with van der Waals surface area (Å²) in [4.78, 5) is 6.56. The van der Waals surface area contributed by atoms with Gasteiger partial charge in [0.15, 0.2) is 0 Å². The van der Waals surface area contributed by atoms with Crippen molar-refractivity contribution in [3.8, 4) is 0 Å². The molecule has 0 saturated carbocycles. The molecule has 0 aliphatic heterocycles. The topological polar surface area (TPSA) is 42.1 Å². The molecule has 0 aromatic carbocycles. The molecule has 1 aromatic heterocycles. The summed E-state index contributed by atoms with van der Waals surface area (Å²) in [6.45, 7) is 8.52. The summed E-state index contributed by atoms with van der Waals surface area (Å²) in [5.74, 6) is 0. The summed E-state index contributed by atoms with van der Waals surface area (Å²) in [5, 5.41) is 2.10. The number of thiazole rings is 1. The number of nitrogens with two attached hydrogens (primary N) is 1. The van der Waals surface area contributed by atoms with E-state index in [0.29, 0.717) is 0 Å². The van der Waals surface area contributed by atoms with Crippen LogP contribution in [0.5, 0.6) is 0 Å². The van der Waals surface area contributed by atoms with Crippen LogP contribution in [0.25, 0.3) is 0 Å². The van der Waals surface area contributed by atoms with E-state index in [1.807, 2.05) is 5.51 Å². The van der Waals surface area contributed by atoms with E-state index in [2.05, 4.69) is 43.1 Å². The Kier molecular flexibility index (Phi) is 4.89. The molecule has 1 atom stereocenters. The Labute approximate surface area is 103 Å². The minimum Gasteiger partial charge on any atom is -0.327 e. The Morgan fingerprint density at radius 2 is 2.19 bits per heavy atom. The van der Waals surface area contributed by atoms with Gasteiger partial charge in [-0.1, -0.05) is 20.8 Å². The zero-order valence-corrected chi connectivity index (χ0v) is 11.5. The van der Waals surface area contributed by atoms with Gasteiger partial charge in [-0.25, -0.2) is 4.98 Å². The Hall–Kier alpha value is -0.450. The lowest BCUT2D eigenvalue weighted by molar-refractivity contribution is 0.250. The number of hydrogen-bond donors (Lipinski definition) is 1. The van der Waals surface area contributed by atoms with Crippen molar-refractivity contribution in [1.82, 2.24) is 9.88 Å². The van der Waals surface area contributed by atoms with Gasteiger partial charge in [-0.2, -0.15) is 0 Å². The lowest BCUT2D eigenvalue weighted by Crippen LogP contribution is -2.37. The average Bonchev–Trinajstić information content (AvgIpc) is 2.65. The first-order valence-electron chi connectivity index (χ1n) is 5.71. The highest BCUT2D eigenvalue weighted by Crippen LogP contribution is 2.19. The summed E-state index contributed by atoms with van der Waals surface area (Å²) in [6, 6.07) is 0.255. The van der Waals surface area contributed by atoms with Gasteiger partial charge in [0, 0.05) is 18.0 Å². The van der Waals surface area contributed by atoms with Gasteiger partial charge >= 0.3 is 0 Å². The standard InChI is InChI=1S/C12H23N3S/c1-12(2,3)11(13)5-6-15(4)7-10-8-16-9-14-10/h8-9,11H,5-7,13H2,1-4H3. The lowest BCUT2D eigenvalue weighted by Gasteiger charge is -2.28. The van der Waals surface area contributed by atoms with Crippen LogP contribution in [0.4, 0.5) is 0 Å². The first-order valence-corrected chi connectivity index (χ1v) is 6.65. The Balaban J connectivity index is 2.28. The van der Waals surface area contributed by atoms with E-state index in [1.165, 1.54) is 0 Å². The molecule has 2 N–H and O–H groups in total. The van der Waals surface area contributed by atoms with Crippen LogP contribution >= 0.6 is 11.3 Å². The molecule has 0 radical (unpaired) electrons. The molecule has 4 heteroatoms. The van der Waals surface area contributed by atoms with Crippen molar-refractivity contribution in [3.05, 3.63) is 16.6 Å². The highest BCUT2D eigenvalue weighted by atomic mass is 32.1. The molecule has 0 bridgehead atoms.